The van der Waals surface area contributed by atoms with Gasteiger partial charge in [0.2, 0.25) is 6.79 Å². The van der Waals surface area contributed by atoms with E-state index in [4.69, 9.17) is 9.47 Å². The van der Waals surface area contributed by atoms with E-state index in [1.54, 1.807) is 18.2 Å². The Morgan fingerprint density at radius 1 is 1.22 bits per heavy atom. The second-order valence-corrected chi connectivity index (χ2v) is 5.25. The predicted molar refractivity (Wildman–Crippen MR) is 82.8 cm³/mol. The van der Waals surface area contributed by atoms with Crippen molar-refractivity contribution in [2.24, 2.45) is 0 Å². The predicted octanol–water partition coefficient (Wildman–Crippen LogP) is 3.11. The lowest BCUT2D eigenvalue weighted by atomic mass is 10.1. The van der Waals surface area contributed by atoms with Gasteiger partial charge in [-0.3, -0.25) is 0 Å². The molecular formula is C17H17FN2O3. The Kier molecular flexibility index (Phi) is 4.32. The fraction of sp³-hybridized carbons (Fsp3) is 0.235. The minimum atomic E-state index is -0.363. The summed E-state index contributed by atoms with van der Waals surface area (Å²) in [5.41, 5.74) is 1.34. The lowest BCUT2D eigenvalue weighted by Gasteiger charge is -2.15. The van der Waals surface area contributed by atoms with E-state index in [1.165, 1.54) is 6.07 Å². The van der Waals surface area contributed by atoms with Crippen LogP contribution in [-0.2, 0) is 6.54 Å². The van der Waals surface area contributed by atoms with Crippen LogP contribution in [0.5, 0.6) is 11.5 Å². The molecule has 3 rings (SSSR count). The second-order valence-electron chi connectivity index (χ2n) is 5.25. The standard InChI is InChI=1S/C17H17FN2O3/c1-11(12-6-7-15-16(8-12)23-10-22-15)20-17(21)19-9-13-4-2-3-5-14(13)18/h2-8,11H,9-10H2,1H3,(H2,19,20,21). The maximum absolute atomic E-state index is 13.5. The van der Waals surface area contributed by atoms with E-state index in [1.807, 2.05) is 25.1 Å². The minimum Gasteiger partial charge on any atom is -0.454 e. The van der Waals surface area contributed by atoms with Crippen molar-refractivity contribution >= 4 is 6.03 Å². The maximum Gasteiger partial charge on any atom is 0.315 e. The number of hydrogen-bond acceptors (Lipinski definition) is 3. The Balaban J connectivity index is 1.56. The molecule has 1 atom stereocenters. The van der Waals surface area contributed by atoms with Crippen molar-refractivity contribution in [2.75, 3.05) is 6.79 Å². The third-order valence-corrected chi connectivity index (χ3v) is 3.64. The SMILES string of the molecule is CC(NC(=O)NCc1ccccc1F)c1ccc2c(c1)OCO2. The van der Waals surface area contributed by atoms with Crippen LogP contribution in [0, 0.1) is 5.82 Å². The van der Waals surface area contributed by atoms with Gasteiger partial charge in [0.15, 0.2) is 11.5 Å². The van der Waals surface area contributed by atoms with Gasteiger partial charge >= 0.3 is 6.03 Å². The number of carbonyl (C=O) groups is 1. The molecule has 0 saturated carbocycles. The van der Waals surface area contributed by atoms with E-state index >= 15 is 0 Å². The van der Waals surface area contributed by atoms with E-state index in [9.17, 15) is 9.18 Å². The molecule has 1 aliphatic heterocycles. The van der Waals surface area contributed by atoms with Crippen molar-refractivity contribution in [3.63, 3.8) is 0 Å². The smallest absolute Gasteiger partial charge is 0.315 e. The zero-order chi connectivity index (χ0) is 16.2. The molecule has 0 saturated heterocycles. The topological polar surface area (TPSA) is 59.6 Å². The quantitative estimate of drug-likeness (QED) is 0.911. The summed E-state index contributed by atoms with van der Waals surface area (Å²) in [6, 6.07) is 11.3. The van der Waals surface area contributed by atoms with Gasteiger partial charge in [0.1, 0.15) is 5.82 Å². The molecule has 0 aromatic heterocycles. The third-order valence-electron chi connectivity index (χ3n) is 3.64. The zero-order valence-electron chi connectivity index (χ0n) is 12.6. The van der Waals surface area contributed by atoms with Crippen LogP contribution in [0.25, 0.3) is 0 Å². The van der Waals surface area contributed by atoms with Crippen LogP contribution in [0.15, 0.2) is 42.5 Å². The first-order valence-electron chi connectivity index (χ1n) is 7.31. The number of hydrogen-bond donors (Lipinski definition) is 2. The van der Waals surface area contributed by atoms with E-state index in [0.717, 1.165) is 5.56 Å². The molecule has 0 radical (unpaired) electrons. The van der Waals surface area contributed by atoms with Crippen LogP contribution in [0.1, 0.15) is 24.1 Å². The largest absolute Gasteiger partial charge is 0.454 e. The zero-order valence-corrected chi connectivity index (χ0v) is 12.6. The molecule has 0 bridgehead atoms. The van der Waals surface area contributed by atoms with Crippen molar-refractivity contribution in [3.8, 4) is 11.5 Å². The van der Waals surface area contributed by atoms with Crippen LogP contribution in [0.2, 0.25) is 0 Å². The lowest BCUT2D eigenvalue weighted by Crippen LogP contribution is -2.36. The van der Waals surface area contributed by atoms with Crippen LogP contribution in [0.4, 0.5) is 9.18 Å². The van der Waals surface area contributed by atoms with Crippen molar-refractivity contribution in [2.45, 2.75) is 19.5 Å². The summed E-state index contributed by atoms with van der Waals surface area (Å²) >= 11 is 0. The Morgan fingerprint density at radius 2 is 2.00 bits per heavy atom. The second kappa shape index (κ2) is 6.56. The van der Waals surface area contributed by atoms with E-state index in [-0.39, 0.29) is 31.2 Å². The molecule has 0 spiro atoms. The monoisotopic (exact) mass is 316 g/mol. The van der Waals surface area contributed by atoms with Gasteiger partial charge in [0, 0.05) is 12.1 Å². The summed E-state index contributed by atoms with van der Waals surface area (Å²) in [6.45, 7) is 2.20. The van der Waals surface area contributed by atoms with Crippen LogP contribution < -0.4 is 20.1 Å². The van der Waals surface area contributed by atoms with Gasteiger partial charge in [0.05, 0.1) is 6.04 Å². The molecule has 5 nitrogen and oxygen atoms in total. The summed E-state index contributed by atoms with van der Waals surface area (Å²) in [5, 5.41) is 5.45. The number of carbonyl (C=O) groups excluding carboxylic acids is 1. The Bertz CT molecular complexity index is 721. The number of nitrogens with one attached hydrogen (secondary N) is 2. The highest BCUT2D eigenvalue weighted by atomic mass is 19.1. The van der Waals surface area contributed by atoms with E-state index in [0.29, 0.717) is 17.1 Å². The average Bonchev–Trinajstić information content (AvgIpc) is 3.01. The highest BCUT2D eigenvalue weighted by Gasteiger charge is 2.16. The number of fused-ring (bicyclic) bond motifs is 1. The molecule has 0 fully saturated rings. The molecule has 120 valence electrons. The lowest BCUT2D eigenvalue weighted by molar-refractivity contribution is 0.174. The van der Waals surface area contributed by atoms with Gasteiger partial charge in [0.25, 0.3) is 0 Å². The van der Waals surface area contributed by atoms with Gasteiger partial charge in [-0.1, -0.05) is 24.3 Å². The molecule has 6 heteroatoms. The fourth-order valence-corrected chi connectivity index (χ4v) is 2.33. The van der Waals surface area contributed by atoms with Crippen molar-refractivity contribution in [3.05, 3.63) is 59.4 Å². The molecule has 0 aliphatic carbocycles. The molecule has 2 aromatic carbocycles. The average molecular weight is 316 g/mol. The van der Waals surface area contributed by atoms with Crippen LogP contribution >= 0.6 is 0 Å². The van der Waals surface area contributed by atoms with Crippen LogP contribution in [0.3, 0.4) is 0 Å². The van der Waals surface area contributed by atoms with Gasteiger partial charge < -0.3 is 20.1 Å². The van der Waals surface area contributed by atoms with Crippen molar-refractivity contribution in [1.29, 1.82) is 0 Å². The van der Waals surface area contributed by atoms with Crippen molar-refractivity contribution < 1.29 is 18.7 Å². The molecule has 23 heavy (non-hydrogen) atoms. The first-order chi connectivity index (χ1) is 11.1. The minimum absolute atomic E-state index is 0.131. The summed E-state index contributed by atoms with van der Waals surface area (Å²) in [6.07, 6.45) is 0. The molecule has 1 unspecified atom stereocenters. The third kappa shape index (κ3) is 3.53. The molecule has 1 aliphatic rings. The number of urea groups is 1. The Morgan fingerprint density at radius 3 is 2.83 bits per heavy atom. The Hall–Kier alpha value is -2.76. The first kappa shape index (κ1) is 15.1. The fourth-order valence-electron chi connectivity index (χ4n) is 2.33. The highest BCUT2D eigenvalue weighted by Crippen LogP contribution is 2.34. The van der Waals surface area contributed by atoms with Gasteiger partial charge in [-0.2, -0.15) is 0 Å². The van der Waals surface area contributed by atoms with Gasteiger partial charge in [-0.15, -0.1) is 0 Å². The summed E-state index contributed by atoms with van der Waals surface area (Å²) in [7, 11) is 0. The number of halogens is 1. The maximum atomic E-state index is 13.5. The molecular weight excluding hydrogens is 299 g/mol. The number of amides is 2. The molecule has 2 N–H and O–H groups in total. The first-order valence-corrected chi connectivity index (χ1v) is 7.31. The van der Waals surface area contributed by atoms with Crippen LogP contribution in [-0.4, -0.2) is 12.8 Å². The summed E-state index contributed by atoms with van der Waals surface area (Å²) < 4.78 is 24.1. The van der Waals surface area contributed by atoms with Gasteiger partial charge in [-0.25, -0.2) is 9.18 Å². The van der Waals surface area contributed by atoms with E-state index < -0.39 is 0 Å². The number of rotatable bonds is 4. The molecule has 2 amide bonds. The number of benzene rings is 2. The highest BCUT2D eigenvalue weighted by molar-refractivity contribution is 5.74. The van der Waals surface area contributed by atoms with Crippen molar-refractivity contribution in [1.82, 2.24) is 10.6 Å². The Labute approximate surface area is 133 Å². The van der Waals surface area contributed by atoms with Gasteiger partial charge in [-0.05, 0) is 30.7 Å². The molecule has 2 aromatic rings. The number of ether oxygens (including phenoxy) is 2. The summed E-state index contributed by atoms with van der Waals surface area (Å²) in [4.78, 5) is 11.9. The normalized spacial score (nSPS) is 13.5. The summed E-state index contributed by atoms with van der Waals surface area (Å²) in [5.74, 6) is 1.03. The van der Waals surface area contributed by atoms with E-state index in [2.05, 4.69) is 10.6 Å². The molecule has 1 heterocycles.